The minimum absolute atomic E-state index is 0.144. The van der Waals surface area contributed by atoms with Crippen molar-refractivity contribution < 1.29 is 13.9 Å². The van der Waals surface area contributed by atoms with E-state index in [-0.39, 0.29) is 16.9 Å². The molecule has 0 aliphatic carbocycles. The van der Waals surface area contributed by atoms with Gasteiger partial charge < -0.3 is 20.2 Å². The van der Waals surface area contributed by atoms with E-state index in [1.807, 2.05) is 26.0 Å². The lowest BCUT2D eigenvalue weighted by Gasteiger charge is -2.35. The van der Waals surface area contributed by atoms with Gasteiger partial charge in [-0.3, -0.25) is 4.79 Å². The van der Waals surface area contributed by atoms with E-state index < -0.39 is 5.41 Å². The standard InChI is InChI=1S/C14H20N2O3S/c1-9-3-4-11(19-9)10(2)16-13(17)14(12(15)20)5-7-18-8-6-14/h3-4,10H,5-8H2,1-2H3,(H2,15,20)(H,16,17). The number of aryl methyl sites for hydroxylation is 1. The number of ether oxygens (including phenoxy) is 1. The maximum absolute atomic E-state index is 12.6. The van der Waals surface area contributed by atoms with Crippen molar-refractivity contribution in [2.24, 2.45) is 11.1 Å². The largest absolute Gasteiger partial charge is 0.464 e. The molecule has 20 heavy (non-hydrogen) atoms. The molecule has 1 aromatic heterocycles. The Balaban J connectivity index is 2.11. The second kappa shape index (κ2) is 5.93. The van der Waals surface area contributed by atoms with Crippen molar-refractivity contribution in [3.63, 3.8) is 0 Å². The lowest BCUT2D eigenvalue weighted by Crippen LogP contribution is -2.52. The second-order valence-corrected chi connectivity index (χ2v) is 5.64. The molecule has 5 nitrogen and oxygen atoms in total. The number of carbonyl (C=O) groups excluding carboxylic acids is 1. The molecule has 0 aromatic carbocycles. The van der Waals surface area contributed by atoms with Gasteiger partial charge in [0.2, 0.25) is 5.91 Å². The minimum atomic E-state index is -0.802. The van der Waals surface area contributed by atoms with Gasteiger partial charge in [-0.1, -0.05) is 12.2 Å². The molecule has 1 aliphatic rings. The van der Waals surface area contributed by atoms with Crippen molar-refractivity contribution in [2.45, 2.75) is 32.7 Å². The molecule has 0 spiro atoms. The maximum atomic E-state index is 12.6. The fourth-order valence-corrected chi connectivity index (χ4v) is 2.69. The molecule has 6 heteroatoms. The van der Waals surface area contributed by atoms with E-state index >= 15 is 0 Å². The van der Waals surface area contributed by atoms with Gasteiger partial charge in [0.25, 0.3) is 0 Å². The van der Waals surface area contributed by atoms with Crippen LogP contribution in [0, 0.1) is 12.3 Å². The van der Waals surface area contributed by atoms with Gasteiger partial charge in [0, 0.05) is 13.2 Å². The molecule has 2 heterocycles. The number of furan rings is 1. The first-order chi connectivity index (χ1) is 9.45. The van der Waals surface area contributed by atoms with Crippen LogP contribution in [0.3, 0.4) is 0 Å². The van der Waals surface area contributed by atoms with E-state index in [1.54, 1.807) is 0 Å². The van der Waals surface area contributed by atoms with Crippen LogP contribution in [-0.4, -0.2) is 24.1 Å². The molecule has 1 atom stereocenters. The lowest BCUT2D eigenvalue weighted by molar-refractivity contribution is -0.132. The number of nitrogens with two attached hydrogens (primary N) is 1. The van der Waals surface area contributed by atoms with Crippen LogP contribution in [0.1, 0.15) is 37.3 Å². The molecule has 1 amide bonds. The Morgan fingerprint density at radius 3 is 2.60 bits per heavy atom. The second-order valence-electron chi connectivity index (χ2n) is 5.20. The fourth-order valence-electron chi connectivity index (χ4n) is 2.40. The van der Waals surface area contributed by atoms with Gasteiger partial charge in [0.05, 0.1) is 11.0 Å². The van der Waals surface area contributed by atoms with E-state index in [9.17, 15) is 4.79 Å². The molecule has 1 fully saturated rings. The van der Waals surface area contributed by atoms with Crippen LogP contribution in [0.25, 0.3) is 0 Å². The summed E-state index contributed by atoms with van der Waals surface area (Å²) in [5.74, 6) is 1.40. The van der Waals surface area contributed by atoms with Gasteiger partial charge in [-0.15, -0.1) is 0 Å². The molecule has 2 rings (SSSR count). The molecule has 0 radical (unpaired) electrons. The number of rotatable bonds is 4. The van der Waals surface area contributed by atoms with Gasteiger partial charge >= 0.3 is 0 Å². The predicted molar refractivity (Wildman–Crippen MR) is 79.3 cm³/mol. The molecule has 1 saturated heterocycles. The number of thiocarbonyl (C=S) groups is 1. The van der Waals surface area contributed by atoms with E-state index in [0.717, 1.165) is 11.5 Å². The third-order valence-corrected chi connectivity index (χ3v) is 4.18. The molecule has 1 aliphatic heterocycles. The first kappa shape index (κ1) is 15.0. The number of hydrogen-bond donors (Lipinski definition) is 2. The zero-order valence-electron chi connectivity index (χ0n) is 11.8. The van der Waals surface area contributed by atoms with Gasteiger partial charge in [-0.05, 0) is 38.8 Å². The molecule has 0 bridgehead atoms. The Morgan fingerprint density at radius 1 is 1.45 bits per heavy atom. The normalized spacial score (nSPS) is 19.3. The number of nitrogens with one attached hydrogen (secondary N) is 1. The van der Waals surface area contributed by atoms with Gasteiger partial charge in [-0.2, -0.15) is 0 Å². The summed E-state index contributed by atoms with van der Waals surface area (Å²) in [6.07, 6.45) is 1.05. The summed E-state index contributed by atoms with van der Waals surface area (Å²) >= 11 is 5.12. The van der Waals surface area contributed by atoms with Crippen molar-refractivity contribution in [1.29, 1.82) is 0 Å². The average Bonchev–Trinajstić information content (AvgIpc) is 2.86. The summed E-state index contributed by atoms with van der Waals surface area (Å²) < 4.78 is 10.8. The van der Waals surface area contributed by atoms with Crippen LogP contribution in [0.2, 0.25) is 0 Å². The lowest BCUT2D eigenvalue weighted by atomic mass is 9.79. The third kappa shape index (κ3) is 2.86. The van der Waals surface area contributed by atoms with E-state index in [0.29, 0.717) is 26.1 Å². The van der Waals surface area contributed by atoms with Crippen molar-refractivity contribution >= 4 is 23.1 Å². The van der Waals surface area contributed by atoms with Gasteiger partial charge in [0.15, 0.2) is 0 Å². The number of carbonyl (C=O) groups is 1. The summed E-state index contributed by atoms with van der Waals surface area (Å²) in [5.41, 5.74) is 5.01. The monoisotopic (exact) mass is 296 g/mol. The van der Waals surface area contributed by atoms with Crippen LogP contribution in [0.4, 0.5) is 0 Å². The van der Waals surface area contributed by atoms with Gasteiger partial charge in [0.1, 0.15) is 16.9 Å². The predicted octanol–water partition coefficient (Wildman–Crippen LogP) is 1.85. The molecule has 3 N–H and O–H groups in total. The quantitative estimate of drug-likeness (QED) is 0.829. The Morgan fingerprint density at radius 2 is 2.10 bits per heavy atom. The zero-order valence-corrected chi connectivity index (χ0v) is 12.6. The Bertz CT molecular complexity index is 506. The van der Waals surface area contributed by atoms with E-state index in [2.05, 4.69) is 5.32 Å². The van der Waals surface area contributed by atoms with Crippen LogP contribution in [0.15, 0.2) is 16.5 Å². The summed E-state index contributed by atoms with van der Waals surface area (Å²) in [5, 5.41) is 2.95. The van der Waals surface area contributed by atoms with Crippen molar-refractivity contribution in [1.82, 2.24) is 5.32 Å². The Hall–Kier alpha value is -1.40. The number of hydrogen-bond acceptors (Lipinski definition) is 4. The molecular weight excluding hydrogens is 276 g/mol. The van der Waals surface area contributed by atoms with E-state index in [1.165, 1.54) is 0 Å². The van der Waals surface area contributed by atoms with Crippen LogP contribution in [0.5, 0.6) is 0 Å². The van der Waals surface area contributed by atoms with Crippen LogP contribution in [-0.2, 0) is 9.53 Å². The SMILES string of the molecule is Cc1ccc(C(C)NC(=O)C2(C(N)=S)CCOCC2)o1. The summed E-state index contributed by atoms with van der Waals surface area (Å²) in [4.78, 5) is 12.8. The number of amides is 1. The minimum Gasteiger partial charge on any atom is -0.464 e. The topological polar surface area (TPSA) is 77.5 Å². The van der Waals surface area contributed by atoms with Crippen LogP contribution < -0.4 is 11.1 Å². The third-order valence-electron chi connectivity index (χ3n) is 3.79. The highest BCUT2D eigenvalue weighted by Gasteiger charge is 2.43. The molecule has 1 aromatic rings. The summed E-state index contributed by atoms with van der Waals surface area (Å²) in [6.45, 7) is 4.74. The highest BCUT2D eigenvalue weighted by Crippen LogP contribution is 2.32. The van der Waals surface area contributed by atoms with Crippen LogP contribution >= 0.6 is 12.2 Å². The Labute approximate surface area is 123 Å². The zero-order chi connectivity index (χ0) is 14.8. The van der Waals surface area contributed by atoms with Crippen molar-refractivity contribution in [3.05, 3.63) is 23.7 Å². The smallest absolute Gasteiger partial charge is 0.233 e. The molecule has 110 valence electrons. The molecular formula is C14H20N2O3S. The molecule has 1 unspecified atom stereocenters. The summed E-state index contributed by atoms with van der Waals surface area (Å²) in [6, 6.07) is 3.51. The van der Waals surface area contributed by atoms with Gasteiger partial charge in [-0.25, -0.2) is 0 Å². The highest BCUT2D eigenvalue weighted by atomic mass is 32.1. The maximum Gasteiger partial charge on any atom is 0.233 e. The average molecular weight is 296 g/mol. The Kier molecular flexibility index (Phi) is 4.45. The van der Waals surface area contributed by atoms with E-state index in [4.69, 9.17) is 27.1 Å². The first-order valence-corrected chi connectivity index (χ1v) is 7.11. The summed E-state index contributed by atoms with van der Waals surface area (Å²) in [7, 11) is 0. The van der Waals surface area contributed by atoms with Crippen molar-refractivity contribution in [3.8, 4) is 0 Å². The van der Waals surface area contributed by atoms with Crippen molar-refractivity contribution in [2.75, 3.05) is 13.2 Å². The fraction of sp³-hybridized carbons (Fsp3) is 0.571. The molecule has 0 saturated carbocycles. The first-order valence-electron chi connectivity index (χ1n) is 6.71. The highest BCUT2D eigenvalue weighted by molar-refractivity contribution is 7.80.